The third-order valence-corrected chi connectivity index (χ3v) is 5.85. The van der Waals surface area contributed by atoms with Crippen LogP contribution in [0.3, 0.4) is 0 Å². The van der Waals surface area contributed by atoms with Crippen LogP contribution in [0.2, 0.25) is 0 Å². The van der Waals surface area contributed by atoms with Crippen molar-refractivity contribution in [2.24, 2.45) is 0 Å². The number of carbonyl (C=O) groups excluding carboxylic acids is 1. The van der Waals surface area contributed by atoms with Crippen LogP contribution in [-0.4, -0.2) is 40.8 Å². The monoisotopic (exact) mass is 477 g/mol. The van der Waals surface area contributed by atoms with E-state index in [-0.39, 0.29) is 36.1 Å². The number of nitro groups is 1. The first-order valence-electron chi connectivity index (χ1n) is 10.6. The summed E-state index contributed by atoms with van der Waals surface area (Å²) in [5, 5.41) is 28.7. The molecule has 1 saturated carbocycles. The molecule has 1 fully saturated rings. The van der Waals surface area contributed by atoms with Crippen molar-refractivity contribution in [1.29, 1.82) is 0 Å². The highest BCUT2D eigenvalue weighted by molar-refractivity contribution is 5.95. The molecule has 0 radical (unpaired) electrons. The number of aliphatic hydroxyl groups excluding tert-OH is 1. The summed E-state index contributed by atoms with van der Waals surface area (Å²) in [5.74, 6) is 0.621. The highest BCUT2D eigenvalue weighted by atomic mass is 35.5. The van der Waals surface area contributed by atoms with Gasteiger partial charge in [0, 0.05) is 11.6 Å². The van der Waals surface area contributed by atoms with Gasteiger partial charge in [-0.05, 0) is 50.5 Å². The zero-order valence-corrected chi connectivity index (χ0v) is 19.5. The van der Waals surface area contributed by atoms with Gasteiger partial charge in [0.1, 0.15) is 28.9 Å². The van der Waals surface area contributed by atoms with Crippen LogP contribution in [0.1, 0.15) is 43.9 Å². The number of hydrogen-bond acceptors (Lipinski definition) is 7. The summed E-state index contributed by atoms with van der Waals surface area (Å²) in [7, 11) is 1.56. The van der Waals surface area contributed by atoms with E-state index >= 15 is 0 Å². The number of benzene rings is 2. The maximum absolute atomic E-state index is 12.7. The summed E-state index contributed by atoms with van der Waals surface area (Å²) in [6, 6.07) is 9.73. The zero-order valence-electron chi connectivity index (χ0n) is 18.7. The predicted molar refractivity (Wildman–Crippen MR) is 125 cm³/mol. The third-order valence-electron chi connectivity index (χ3n) is 5.85. The topological polar surface area (TPSA) is 123 Å². The number of ether oxygens (including phenoxy) is 2. The van der Waals surface area contributed by atoms with Crippen molar-refractivity contribution in [3.05, 3.63) is 57.6 Å². The molecule has 0 bridgehead atoms. The largest absolute Gasteiger partial charge is 0.497 e. The molecule has 4 rings (SSSR count). The first kappa shape index (κ1) is 24.8. The average Bonchev–Trinajstić information content (AvgIpc) is 3.56. The molecule has 10 heteroatoms. The van der Waals surface area contributed by atoms with Gasteiger partial charge in [-0.25, -0.2) is 0 Å². The number of nitrogens with one attached hydrogen (secondary N) is 2. The molecule has 0 aromatic heterocycles. The van der Waals surface area contributed by atoms with Gasteiger partial charge in [-0.3, -0.25) is 14.9 Å². The Morgan fingerprint density at radius 1 is 1.27 bits per heavy atom. The standard InChI is InChI=1S/C23H27N3O6.ClH/c1-23(2)22(28)21(24-14-6-7-14)16-11-17(18(26(29)30)12-19(16)32-23)25-20(27)10-13-4-8-15(31-3)9-5-13;/h4-5,8-9,11-12,14,21-22,24,28H,6-7,10H2,1-3H3,(H,25,27);1H/t21-,22+;/m0./s1. The fourth-order valence-corrected chi connectivity index (χ4v) is 3.89. The summed E-state index contributed by atoms with van der Waals surface area (Å²) < 4.78 is 11.0. The van der Waals surface area contributed by atoms with Crippen LogP contribution >= 0.6 is 12.4 Å². The lowest BCUT2D eigenvalue weighted by molar-refractivity contribution is -0.384. The van der Waals surface area contributed by atoms with E-state index in [9.17, 15) is 20.0 Å². The molecular formula is C23H28ClN3O6. The molecule has 2 aliphatic rings. The summed E-state index contributed by atoms with van der Waals surface area (Å²) in [5.41, 5.74) is 0.230. The Hall–Kier alpha value is -2.88. The van der Waals surface area contributed by atoms with Gasteiger partial charge in [-0.2, -0.15) is 0 Å². The van der Waals surface area contributed by atoms with Gasteiger partial charge < -0.3 is 25.2 Å². The van der Waals surface area contributed by atoms with Crippen molar-refractivity contribution >= 4 is 29.7 Å². The molecule has 3 N–H and O–H groups in total. The van der Waals surface area contributed by atoms with E-state index in [0.29, 0.717) is 23.1 Å². The van der Waals surface area contributed by atoms with Crippen LogP contribution in [0, 0.1) is 10.1 Å². The molecule has 1 aliphatic carbocycles. The summed E-state index contributed by atoms with van der Waals surface area (Å²) in [6.07, 6.45) is 1.21. The fourth-order valence-electron chi connectivity index (χ4n) is 3.89. The Labute approximate surface area is 198 Å². The second-order valence-electron chi connectivity index (χ2n) is 8.81. The van der Waals surface area contributed by atoms with Crippen molar-refractivity contribution in [2.45, 2.75) is 56.9 Å². The minimum Gasteiger partial charge on any atom is -0.497 e. The van der Waals surface area contributed by atoms with Gasteiger partial charge in [-0.1, -0.05) is 12.1 Å². The second kappa shape index (κ2) is 9.54. The number of nitrogens with zero attached hydrogens (tertiary/aromatic N) is 1. The molecule has 0 unspecified atom stereocenters. The van der Waals surface area contributed by atoms with Crippen molar-refractivity contribution < 1.29 is 24.3 Å². The van der Waals surface area contributed by atoms with Crippen molar-refractivity contribution in [3.63, 3.8) is 0 Å². The number of hydrogen-bond donors (Lipinski definition) is 3. The number of amides is 1. The van der Waals surface area contributed by atoms with Crippen LogP contribution in [0.5, 0.6) is 11.5 Å². The average molecular weight is 478 g/mol. The van der Waals surface area contributed by atoms with E-state index in [1.807, 2.05) is 0 Å². The van der Waals surface area contributed by atoms with E-state index < -0.39 is 22.7 Å². The quantitative estimate of drug-likeness (QED) is 0.411. The van der Waals surface area contributed by atoms with Crippen molar-refractivity contribution in [1.82, 2.24) is 5.32 Å². The molecule has 1 amide bonds. The molecule has 0 saturated heterocycles. The Kier molecular flexibility index (Phi) is 7.16. The Morgan fingerprint density at radius 3 is 2.52 bits per heavy atom. The first-order chi connectivity index (χ1) is 15.2. The Morgan fingerprint density at radius 2 is 1.94 bits per heavy atom. The number of anilines is 1. The maximum Gasteiger partial charge on any atom is 0.296 e. The fraction of sp³-hybridized carbons (Fsp3) is 0.435. The van der Waals surface area contributed by atoms with Gasteiger partial charge >= 0.3 is 0 Å². The van der Waals surface area contributed by atoms with E-state index in [1.54, 1.807) is 45.2 Å². The van der Waals surface area contributed by atoms with Crippen molar-refractivity contribution in [3.8, 4) is 11.5 Å². The lowest BCUT2D eigenvalue weighted by atomic mass is 9.86. The van der Waals surface area contributed by atoms with Gasteiger partial charge in [0.25, 0.3) is 5.69 Å². The molecule has 2 atom stereocenters. The lowest BCUT2D eigenvalue weighted by Gasteiger charge is -2.42. The molecule has 9 nitrogen and oxygen atoms in total. The Balaban J connectivity index is 0.00000306. The summed E-state index contributed by atoms with van der Waals surface area (Å²) >= 11 is 0. The van der Waals surface area contributed by atoms with E-state index in [4.69, 9.17) is 9.47 Å². The van der Waals surface area contributed by atoms with Crippen LogP contribution in [0.4, 0.5) is 11.4 Å². The zero-order chi connectivity index (χ0) is 23.0. The molecule has 0 spiro atoms. The van der Waals surface area contributed by atoms with Crippen LogP contribution in [0.15, 0.2) is 36.4 Å². The smallest absolute Gasteiger partial charge is 0.296 e. The van der Waals surface area contributed by atoms with Gasteiger partial charge in [0.15, 0.2) is 0 Å². The highest BCUT2D eigenvalue weighted by Crippen LogP contribution is 2.45. The van der Waals surface area contributed by atoms with Gasteiger partial charge in [-0.15, -0.1) is 12.4 Å². The molecule has 1 heterocycles. The molecule has 33 heavy (non-hydrogen) atoms. The summed E-state index contributed by atoms with van der Waals surface area (Å²) in [6.45, 7) is 3.50. The number of carbonyl (C=O) groups is 1. The third kappa shape index (κ3) is 5.38. The Bertz CT molecular complexity index is 1040. The van der Waals surface area contributed by atoms with Gasteiger partial charge in [0.05, 0.1) is 30.6 Å². The molecule has 2 aromatic rings. The minimum atomic E-state index is -0.924. The number of halogens is 1. The number of rotatable bonds is 7. The minimum absolute atomic E-state index is 0. The summed E-state index contributed by atoms with van der Waals surface area (Å²) in [4.78, 5) is 23.8. The van der Waals surface area contributed by atoms with Crippen LogP contribution in [0.25, 0.3) is 0 Å². The maximum atomic E-state index is 12.7. The van der Waals surface area contributed by atoms with E-state index in [1.165, 1.54) is 12.1 Å². The van der Waals surface area contributed by atoms with Gasteiger partial charge in [0.2, 0.25) is 5.91 Å². The SMILES string of the molecule is COc1ccc(CC(=O)Nc2cc3c(cc2[N+](=O)[O-])OC(C)(C)[C@H](O)[C@H]3NC2CC2)cc1.Cl. The van der Waals surface area contributed by atoms with Crippen LogP contribution in [-0.2, 0) is 11.2 Å². The van der Waals surface area contributed by atoms with Crippen molar-refractivity contribution in [2.75, 3.05) is 12.4 Å². The predicted octanol–water partition coefficient (Wildman–Crippen LogP) is 3.53. The number of nitro benzene ring substituents is 1. The molecule has 2 aromatic carbocycles. The molecule has 1 aliphatic heterocycles. The number of fused-ring (bicyclic) bond motifs is 1. The van der Waals surface area contributed by atoms with Crippen LogP contribution < -0.4 is 20.1 Å². The number of methoxy groups -OCH3 is 1. The molecular weight excluding hydrogens is 450 g/mol. The van der Waals surface area contributed by atoms with E-state index in [0.717, 1.165) is 18.4 Å². The molecule has 178 valence electrons. The number of aliphatic hydroxyl groups is 1. The highest BCUT2D eigenvalue weighted by Gasteiger charge is 2.45. The second-order valence-corrected chi connectivity index (χ2v) is 8.81. The normalized spacial score (nSPS) is 20.6. The lowest BCUT2D eigenvalue weighted by Crippen LogP contribution is -2.53. The first-order valence-corrected chi connectivity index (χ1v) is 10.6. The van der Waals surface area contributed by atoms with E-state index in [2.05, 4.69) is 10.6 Å².